The van der Waals surface area contributed by atoms with Gasteiger partial charge in [-0.25, -0.2) is 4.57 Å². The maximum Gasteiger partial charge on any atom is 0.472 e. The Balaban J connectivity index is 4.13. The number of unbranched alkanes of at least 4 members (excludes halogenated alkanes) is 14. The Labute approximate surface area is 227 Å². The number of phosphoric acid groups is 1. The van der Waals surface area contributed by atoms with Gasteiger partial charge in [-0.1, -0.05) is 96.8 Å². The summed E-state index contributed by atoms with van der Waals surface area (Å²) in [4.78, 5) is 21.7. The number of phosphoric ester groups is 1. The number of nitrogens with zero attached hydrogens (tertiary/aromatic N) is 1. The summed E-state index contributed by atoms with van der Waals surface area (Å²) in [5.74, 6) is -0.532. The third kappa shape index (κ3) is 26.4. The van der Waals surface area contributed by atoms with Crippen LogP contribution in [-0.4, -0.2) is 73.8 Å². The average molecular weight is 534 g/mol. The molecule has 0 bridgehead atoms. The summed E-state index contributed by atoms with van der Waals surface area (Å²) in [7, 11) is -4.94. The number of ether oxygens (including phenoxy) is 1. The molecule has 0 aromatic heterocycles. The molecule has 0 spiro atoms. The zero-order chi connectivity index (χ0) is 33.9. The van der Waals surface area contributed by atoms with Gasteiger partial charge in [0.1, 0.15) is 25.9 Å². The van der Waals surface area contributed by atoms with Crippen molar-refractivity contribution in [1.82, 2.24) is 0 Å². The van der Waals surface area contributed by atoms with E-state index in [1.807, 2.05) is 0 Å². The van der Waals surface area contributed by atoms with Crippen molar-refractivity contribution in [2.45, 2.75) is 116 Å². The lowest BCUT2D eigenvalue weighted by Gasteiger charge is -2.24. The Morgan fingerprint density at radius 1 is 0.829 bits per heavy atom. The summed E-state index contributed by atoms with van der Waals surface area (Å²) in [6.07, 6.45) is 16.7. The topological polar surface area (TPSA) is 102 Å². The first-order valence-corrected chi connectivity index (χ1v) is 14.6. The quantitative estimate of drug-likeness (QED) is 0.0643. The van der Waals surface area contributed by atoms with Gasteiger partial charge in [-0.3, -0.25) is 13.8 Å². The maximum absolute atomic E-state index is 12.1. The van der Waals surface area contributed by atoms with E-state index in [2.05, 4.69) is 16.0 Å². The molecule has 210 valence electrons. The highest BCUT2D eigenvalue weighted by Gasteiger charge is 2.24. The molecule has 0 heterocycles. The van der Waals surface area contributed by atoms with Crippen LogP contribution in [0, 0.1) is 0 Å². The molecule has 0 aliphatic carbocycles. The molecule has 0 aromatic carbocycles. The zero-order valence-electron chi connectivity index (χ0n) is 30.5. The van der Waals surface area contributed by atoms with Gasteiger partial charge >= 0.3 is 13.8 Å². The Kier molecular flexibility index (Phi) is 13.2. The molecule has 0 amide bonds. The summed E-state index contributed by atoms with van der Waals surface area (Å²) in [5, 5.41) is 9.92. The molecule has 2 N–H and O–H groups in total. The van der Waals surface area contributed by atoms with Gasteiger partial charge in [0.2, 0.25) is 0 Å². The standard InChI is InChI=1S/C26H54NO7P/c1-5-6-7-8-9-10-11-12-13-14-15-16-17-18-19-20-26(29)32-23-25(28)24-34-35(30,31)33-22-21-27(2,3)4/h25,28H,5-24H2,1-4H3/p+1/t25-/m1/s1/i2D3,3D3,4D3. The third-order valence-electron chi connectivity index (χ3n) is 5.53. The second kappa shape index (κ2) is 21.6. The molecule has 0 saturated heterocycles. The van der Waals surface area contributed by atoms with Crippen LogP contribution in [0.5, 0.6) is 0 Å². The van der Waals surface area contributed by atoms with Gasteiger partial charge in [0.05, 0.1) is 39.9 Å². The molecule has 0 aliphatic heterocycles. The second-order valence-electron chi connectivity index (χ2n) is 9.17. The van der Waals surface area contributed by atoms with E-state index >= 15 is 0 Å². The molecule has 8 nitrogen and oxygen atoms in total. The number of carbonyl (C=O) groups is 1. The van der Waals surface area contributed by atoms with Crippen molar-refractivity contribution in [1.29, 1.82) is 0 Å². The minimum atomic E-state index is -4.94. The van der Waals surface area contributed by atoms with Crippen molar-refractivity contribution in [3.8, 4) is 0 Å². The Morgan fingerprint density at radius 2 is 1.31 bits per heavy atom. The van der Waals surface area contributed by atoms with E-state index in [1.165, 1.54) is 70.6 Å². The Morgan fingerprint density at radius 3 is 1.80 bits per heavy atom. The molecule has 0 radical (unpaired) electrons. The van der Waals surface area contributed by atoms with Gasteiger partial charge < -0.3 is 19.2 Å². The fraction of sp³-hybridized carbons (Fsp3) is 0.962. The lowest BCUT2D eigenvalue weighted by molar-refractivity contribution is -0.870. The molecule has 0 fully saturated rings. The molecule has 9 heteroatoms. The molecule has 0 aromatic rings. The molecule has 2 atom stereocenters. The van der Waals surface area contributed by atoms with E-state index in [1.54, 1.807) is 0 Å². The summed E-state index contributed by atoms with van der Waals surface area (Å²) >= 11 is 0. The van der Waals surface area contributed by atoms with Crippen LogP contribution >= 0.6 is 7.82 Å². The number of quaternary nitrogens is 1. The SMILES string of the molecule is [2H]C([2H])([2H])[N+](CCOP(=O)(O)OC[C@H](O)COC(=O)CCCCCCCCCCCCCCCCC)(C([2H])([2H])[2H])C([2H])([2H])[2H]. The van der Waals surface area contributed by atoms with Gasteiger partial charge in [0.25, 0.3) is 0 Å². The predicted molar refractivity (Wildman–Crippen MR) is 141 cm³/mol. The lowest BCUT2D eigenvalue weighted by atomic mass is 10.0. The van der Waals surface area contributed by atoms with Crippen LogP contribution in [0.3, 0.4) is 0 Å². The van der Waals surface area contributed by atoms with Crippen molar-refractivity contribution in [3.05, 3.63) is 0 Å². The maximum atomic E-state index is 12.1. The first-order chi connectivity index (χ1) is 20.3. The van der Waals surface area contributed by atoms with Crippen molar-refractivity contribution < 1.29 is 50.0 Å². The van der Waals surface area contributed by atoms with Crippen LogP contribution < -0.4 is 0 Å². The van der Waals surface area contributed by atoms with E-state index in [0.717, 1.165) is 19.3 Å². The van der Waals surface area contributed by atoms with E-state index in [-0.39, 0.29) is 6.42 Å². The number of hydrogen-bond donors (Lipinski definition) is 2. The largest absolute Gasteiger partial charge is 0.472 e. The molecule has 35 heavy (non-hydrogen) atoms. The first-order valence-electron chi connectivity index (χ1n) is 17.6. The summed E-state index contributed by atoms with van der Waals surface area (Å²) in [6.45, 7) is -11.9. The summed E-state index contributed by atoms with van der Waals surface area (Å²) in [6, 6.07) is 0. The van der Waals surface area contributed by atoms with Crippen LogP contribution in [0.25, 0.3) is 0 Å². The highest BCUT2D eigenvalue weighted by Crippen LogP contribution is 2.43. The molecule has 1 unspecified atom stereocenters. The fourth-order valence-corrected chi connectivity index (χ4v) is 4.21. The van der Waals surface area contributed by atoms with Gasteiger partial charge in [-0.05, 0) is 6.42 Å². The van der Waals surface area contributed by atoms with Crippen molar-refractivity contribution in [2.75, 3.05) is 47.3 Å². The number of aliphatic hydroxyl groups excluding tert-OH is 1. The van der Waals surface area contributed by atoms with Crippen LogP contribution in [0.2, 0.25) is 0 Å². The van der Waals surface area contributed by atoms with E-state index < -0.39 is 71.7 Å². The van der Waals surface area contributed by atoms with Crippen LogP contribution in [-0.2, 0) is 23.1 Å². The lowest BCUT2D eigenvalue weighted by Crippen LogP contribution is -2.37. The van der Waals surface area contributed by atoms with Crippen molar-refractivity contribution in [3.63, 3.8) is 0 Å². The number of rotatable bonds is 25. The minimum Gasteiger partial charge on any atom is -0.463 e. The van der Waals surface area contributed by atoms with Gasteiger partial charge in [-0.2, -0.15) is 0 Å². The van der Waals surface area contributed by atoms with E-state index in [4.69, 9.17) is 17.1 Å². The van der Waals surface area contributed by atoms with Gasteiger partial charge in [0.15, 0.2) is 0 Å². The number of carbonyl (C=O) groups excluding carboxylic acids is 1. The van der Waals surface area contributed by atoms with Gasteiger partial charge in [0, 0.05) is 6.42 Å². The van der Waals surface area contributed by atoms with Crippen molar-refractivity contribution in [2.24, 2.45) is 0 Å². The van der Waals surface area contributed by atoms with Crippen LogP contribution in [0.4, 0.5) is 0 Å². The van der Waals surface area contributed by atoms with Gasteiger partial charge in [-0.15, -0.1) is 0 Å². The molecule has 0 rings (SSSR count). The molecule has 0 aliphatic rings. The van der Waals surface area contributed by atoms with E-state index in [0.29, 0.717) is 6.42 Å². The average Bonchev–Trinajstić information content (AvgIpc) is 2.88. The normalized spacial score (nSPS) is 19.5. The van der Waals surface area contributed by atoms with Crippen molar-refractivity contribution >= 4 is 13.8 Å². The summed E-state index contributed by atoms with van der Waals surface area (Å²) in [5.41, 5.74) is 0. The fourth-order valence-electron chi connectivity index (χ4n) is 3.46. The predicted octanol–water partition coefficient (Wildman–Crippen LogP) is 5.99. The molecule has 0 saturated carbocycles. The first kappa shape index (κ1) is 21.4. The van der Waals surface area contributed by atoms with E-state index in [9.17, 15) is 19.4 Å². The Bertz CT molecular complexity index is 791. The molecular weight excluding hydrogens is 469 g/mol. The zero-order valence-corrected chi connectivity index (χ0v) is 22.4. The third-order valence-corrected chi connectivity index (χ3v) is 6.52. The molecular formula is C26H55NO7P+. The number of likely N-dealkylation sites (N-methyl/N-ethyl adjacent to an activating group) is 1. The Hall–Kier alpha value is -0.500. The summed E-state index contributed by atoms with van der Waals surface area (Å²) < 4.78 is 91.6. The highest BCUT2D eigenvalue weighted by atomic mass is 31.2. The van der Waals surface area contributed by atoms with Crippen LogP contribution in [0.15, 0.2) is 0 Å². The second-order valence-corrected chi connectivity index (χ2v) is 10.6. The minimum absolute atomic E-state index is 0.171. The highest BCUT2D eigenvalue weighted by molar-refractivity contribution is 7.47. The number of aliphatic hydroxyl groups is 1. The smallest absolute Gasteiger partial charge is 0.463 e. The number of esters is 1. The van der Waals surface area contributed by atoms with Crippen LogP contribution in [0.1, 0.15) is 122 Å². The monoisotopic (exact) mass is 533 g/mol. The number of hydrogen-bond acceptors (Lipinski definition) is 6.